The van der Waals surface area contributed by atoms with Gasteiger partial charge in [-0.25, -0.2) is 5.43 Å². The molecule has 0 spiro atoms. The lowest BCUT2D eigenvalue weighted by Gasteiger charge is -2.02. The molecule has 1 amide bonds. The molecule has 0 aliphatic heterocycles. The van der Waals surface area contributed by atoms with E-state index in [0.717, 1.165) is 18.6 Å². The minimum Gasteiger partial charge on any atom is -0.267 e. The predicted octanol–water partition coefficient (Wildman–Crippen LogP) is 3.76. The van der Waals surface area contributed by atoms with Crippen molar-refractivity contribution in [3.05, 3.63) is 35.9 Å². The van der Waals surface area contributed by atoms with Gasteiger partial charge in [0.15, 0.2) is 0 Å². The van der Waals surface area contributed by atoms with Crippen LogP contribution in [-0.4, -0.2) is 11.6 Å². The monoisotopic (exact) mass is 246 g/mol. The number of unbranched alkanes of at least 4 members (excludes halogenated alkanes) is 3. The van der Waals surface area contributed by atoms with Crippen molar-refractivity contribution in [2.24, 2.45) is 5.10 Å². The molecule has 1 aromatic rings. The zero-order valence-electron chi connectivity index (χ0n) is 11.3. The summed E-state index contributed by atoms with van der Waals surface area (Å²) in [7, 11) is 0. The van der Waals surface area contributed by atoms with Crippen LogP contribution in [0.15, 0.2) is 35.4 Å². The lowest BCUT2D eigenvalue weighted by atomic mass is 10.1. The second-order valence-corrected chi connectivity index (χ2v) is 4.46. The van der Waals surface area contributed by atoms with Crippen molar-refractivity contribution >= 4 is 11.6 Å². The summed E-state index contributed by atoms with van der Waals surface area (Å²) in [5, 5.41) is 4.12. The van der Waals surface area contributed by atoms with E-state index in [0.29, 0.717) is 5.56 Å². The molecular weight excluding hydrogens is 224 g/mol. The standard InChI is InChI=1S/C15H22N2O/c1-3-4-5-7-10-13(2)16-17-15(18)14-11-8-6-9-12-14/h6,8-9,11-12H,3-5,7,10H2,1-2H3,(H,17,18)/b16-13+. The number of rotatable bonds is 7. The summed E-state index contributed by atoms with van der Waals surface area (Å²) in [6.45, 7) is 4.15. The molecule has 0 aromatic heterocycles. The Hall–Kier alpha value is -1.64. The van der Waals surface area contributed by atoms with Gasteiger partial charge in [0.1, 0.15) is 0 Å². The molecule has 0 aliphatic carbocycles. The second kappa shape index (κ2) is 8.45. The summed E-state index contributed by atoms with van der Waals surface area (Å²) in [5.74, 6) is -0.150. The SMILES string of the molecule is CCCCCC/C(C)=N/NC(=O)c1ccccc1. The minimum atomic E-state index is -0.150. The van der Waals surface area contributed by atoms with Gasteiger partial charge in [0.05, 0.1) is 0 Å². The minimum absolute atomic E-state index is 0.150. The molecule has 1 N–H and O–H groups in total. The van der Waals surface area contributed by atoms with Gasteiger partial charge in [-0.05, 0) is 31.9 Å². The molecule has 3 nitrogen and oxygen atoms in total. The average Bonchev–Trinajstić information content (AvgIpc) is 2.42. The van der Waals surface area contributed by atoms with E-state index < -0.39 is 0 Å². The van der Waals surface area contributed by atoms with Crippen LogP contribution in [-0.2, 0) is 0 Å². The molecule has 0 unspecified atom stereocenters. The molecule has 0 fully saturated rings. The fraction of sp³-hybridized carbons (Fsp3) is 0.467. The van der Waals surface area contributed by atoms with Crippen molar-refractivity contribution in [3.63, 3.8) is 0 Å². The zero-order valence-corrected chi connectivity index (χ0v) is 11.3. The zero-order chi connectivity index (χ0) is 13.2. The third-order valence-corrected chi connectivity index (χ3v) is 2.78. The van der Waals surface area contributed by atoms with Gasteiger partial charge in [0, 0.05) is 11.3 Å². The highest BCUT2D eigenvalue weighted by atomic mass is 16.2. The van der Waals surface area contributed by atoms with Crippen LogP contribution < -0.4 is 5.43 Å². The fourth-order valence-corrected chi connectivity index (χ4v) is 1.66. The number of hydrogen-bond acceptors (Lipinski definition) is 2. The van der Waals surface area contributed by atoms with Gasteiger partial charge in [0.25, 0.3) is 5.91 Å². The van der Waals surface area contributed by atoms with Crippen LogP contribution in [0.2, 0.25) is 0 Å². The van der Waals surface area contributed by atoms with Crippen LogP contribution >= 0.6 is 0 Å². The first-order chi connectivity index (χ1) is 8.74. The van der Waals surface area contributed by atoms with Crippen molar-refractivity contribution in [1.29, 1.82) is 0 Å². The number of hydrogen-bond donors (Lipinski definition) is 1. The van der Waals surface area contributed by atoms with Gasteiger partial charge in [-0.2, -0.15) is 5.10 Å². The smallest absolute Gasteiger partial charge is 0.267 e. The predicted molar refractivity (Wildman–Crippen MR) is 75.8 cm³/mol. The molecule has 18 heavy (non-hydrogen) atoms. The summed E-state index contributed by atoms with van der Waals surface area (Å²) in [4.78, 5) is 11.7. The molecule has 1 rings (SSSR count). The van der Waals surface area contributed by atoms with Crippen LogP contribution in [0.5, 0.6) is 0 Å². The number of benzene rings is 1. The number of carbonyl (C=O) groups excluding carboxylic acids is 1. The van der Waals surface area contributed by atoms with Crippen molar-refractivity contribution in [2.45, 2.75) is 46.0 Å². The van der Waals surface area contributed by atoms with Crippen molar-refractivity contribution in [1.82, 2.24) is 5.43 Å². The summed E-state index contributed by atoms with van der Waals surface area (Å²) in [6, 6.07) is 9.13. The van der Waals surface area contributed by atoms with Crippen LogP contribution in [0.1, 0.15) is 56.3 Å². The third-order valence-electron chi connectivity index (χ3n) is 2.78. The molecule has 0 aliphatic rings. The van der Waals surface area contributed by atoms with Crippen molar-refractivity contribution < 1.29 is 4.79 Å². The molecule has 0 bridgehead atoms. The molecule has 0 atom stereocenters. The molecule has 1 aromatic carbocycles. The van der Waals surface area contributed by atoms with Crippen LogP contribution in [0.3, 0.4) is 0 Å². The fourth-order valence-electron chi connectivity index (χ4n) is 1.66. The van der Waals surface area contributed by atoms with Crippen LogP contribution in [0, 0.1) is 0 Å². The largest absolute Gasteiger partial charge is 0.271 e. The first kappa shape index (κ1) is 14.4. The molecule has 0 heterocycles. The highest BCUT2D eigenvalue weighted by Gasteiger charge is 2.02. The lowest BCUT2D eigenvalue weighted by molar-refractivity contribution is 0.0954. The Morgan fingerprint density at radius 2 is 1.89 bits per heavy atom. The van der Waals surface area contributed by atoms with E-state index in [1.165, 1.54) is 19.3 Å². The van der Waals surface area contributed by atoms with Crippen molar-refractivity contribution in [3.8, 4) is 0 Å². The Kier molecular flexibility index (Phi) is 6.77. The van der Waals surface area contributed by atoms with E-state index in [4.69, 9.17) is 0 Å². The number of amides is 1. The van der Waals surface area contributed by atoms with Crippen LogP contribution in [0.25, 0.3) is 0 Å². The van der Waals surface area contributed by atoms with Gasteiger partial charge in [-0.15, -0.1) is 0 Å². The van der Waals surface area contributed by atoms with Crippen LogP contribution in [0.4, 0.5) is 0 Å². The topological polar surface area (TPSA) is 41.5 Å². The first-order valence-electron chi connectivity index (χ1n) is 6.62. The molecule has 0 radical (unpaired) electrons. The Morgan fingerprint density at radius 1 is 1.17 bits per heavy atom. The summed E-state index contributed by atoms with van der Waals surface area (Å²) in [6.07, 6.45) is 5.83. The van der Waals surface area contributed by atoms with Gasteiger partial charge >= 0.3 is 0 Å². The van der Waals surface area contributed by atoms with E-state index in [1.807, 2.05) is 25.1 Å². The highest BCUT2D eigenvalue weighted by molar-refractivity contribution is 5.95. The summed E-state index contributed by atoms with van der Waals surface area (Å²) < 4.78 is 0. The van der Waals surface area contributed by atoms with Gasteiger partial charge in [-0.3, -0.25) is 4.79 Å². The lowest BCUT2D eigenvalue weighted by Crippen LogP contribution is -2.18. The quantitative estimate of drug-likeness (QED) is 0.444. The maximum absolute atomic E-state index is 11.7. The number of hydrazone groups is 1. The molecular formula is C15H22N2O. The highest BCUT2D eigenvalue weighted by Crippen LogP contribution is 2.03. The normalized spacial score (nSPS) is 11.3. The number of carbonyl (C=O) groups is 1. The first-order valence-corrected chi connectivity index (χ1v) is 6.62. The Bertz CT molecular complexity index is 385. The second-order valence-electron chi connectivity index (χ2n) is 4.46. The maximum Gasteiger partial charge on any atom is 0.271 e. The maximum atomic E-state index is 11.7. The van der Waals surface area contributed by atoms with E-state index >= 15 is 0 Å². The number of nitrogens with zero attached hydrogens (tertiary/aromatic N) is 1. The Labute approximate surface area is 109 Å². The molecule has 0 saturated heterocycles. The average molecular weight is 246 g/mol. The summed E-state index contributed by atoms with van der Waals surface area (Å²) in [5.41, 5.74) is 4.21. The number of nitrogens with one attached hydrogen (secondary N) is 1. The van der Waals surface area contributed by atoms with Gasteiger partial charge < -0.3 is 0 Å². The molecule has 0 saturated carbocycles. The molecule has 98 valence electrons. The summed E-state index contributed by atoms with van der Waals surface area (Å²) >= 11 is 0. The van der Waals surface area contributed by atoms with E-state index in [2.05, 4.69) is 17.5 Å². The van der Waals surface area contributed by atoms with E-state index in [-0.39, 0.29) is 5.91 Å². The Morgan fingerprint density at radius 3 is 2.56 bits per heavy atom. The Balaban J connectivity index is 2.32. The van der Waals surface area contributed by atoms with E-state index in [1.54, 1.807) is 12.1 Å². The molecule has 3 heteroatoms. The van der Waals surface area contributed by atoms with Gasteiger partial charge in [0.2, 0.25) is 0 Å². The third kappa shape index (κ3) is 5.62. The van der Waals surface area contributed by atoms with Crippen molar-refractivity contribution in [2.75, 3.05) is 0 Å². The van der Waals surface area contributed by atoms with Gasteiger partial charge in [-0.1, -0.05) is 44.4 Å². The van der Waals surface area contributed by atoms with E-state index in [9.17, 15) is 4.79 Å².